The van der Waals surface area contributed by atoms with Gasteiger partial charge in [0.25, 0.3) is 0 Å². The number of methoxy groups -OCH3 is 1. The minimum Gasteiger partial charge on any atom is -0.496 e. The van der Waals surface area contributed by atoms with Crippen molar-refractivity contribution < 1.29 is 23.9 Å². The van der Waals surface area contributed by atoms with Crippen LogP contribution in [0, 0.1) is 0 Å². The van der Waals surface area contributed by atoms with E-state index in [1.165, 1.54) is 4.90 Å². The Morgan fingerprint density at radius 2 is 1.86 bits per heavy atom. The molecule has 1 unspecified atom stereocenters. The lowest BCUT2D eigenvalue weighted by molar-refractivity contribution is -0.139. The monoisotopic (exact) mass is 588 g/mol. The van der Waals surface area contributed by atoms with Crippen LogP contribution >= 0.6 is 0 Å². The van der Waals surface area contributed by atoms with Crippen molar-refractivity contribution in [2.24, 2.45) is 16.7 Å². The molecule has 0 bridgehead atoms. The molecule has 0 aromatic heterocycles. The van der Waals surface area contributed by atoms with E-state index in [1.54, 1.807) is 45.9 Å². The fourth-order valence-electron chi connectivity index (χ4n) is 5.14. The van der Waals surface area contributed by atoms with Crippen molar-refractivity contribution in [3.8, 4) is 5.75 Å². The summed E-state index contributed by atoms with van der Waals surface area (Å²) in [5, 5.41) is 8.27. The van der Waals surface area contributed by atoms with Gasteiger partial charge in [0.05, 0.1) is 13.7 Å². The van der Waals surface area contributed by atoms with Gasteiger partial charge < -0.3 is 36.2 Å². The van der Waals surface area contributed by atoms with Crippen molar-refractivity contribution >= 4 is 40.2 Å². The Morgan fingerprint density at radius 1 is 1.12 bits per heavy atom. The van der Waals surface area contributed by atoms with Crippen LogP contribution in [0.15, 0.2) is 59.7 Å². The smallest absolute Gasteiger partial charge is 0.410 e. The van der Waals surface area contributed by atoms with Gasteiger partial charge in [0.1, 0.15) is 23.2 Å². The molecule has 1 aliphatic heterocycles. The van der Waals surface area contributed by atoms with Crippen LogP contribution in [0.5, 0.6) is 5.75 Å². The SMILES string of the molecule is COc1ccc2cc(C(N)=NN)ccc2c1CN(C(=O)CCN(C)C(=O)OC(C)(C)C)C1CCc2ccccc2NC1=O. The molecule has 228 valence electrons. The van der Waals surface area contributed by atoms with Gasteiger partial charge >= 0.3 is 6.09 Å². The zero-order chi connectivity index (χ0) is 31.3. The van der Waals surface area contributed by atoms with E-state index in [1.807, 2.05) is 48.5 Å². The van der Waals surface area contributed by atoms with Crippen LogP contribution in [0.2, 0.25) is 0 Å². The summed E-state index contributed by atoms with van der Waals surface area (Å²) in [7, 11) is 3.15. The molecule has 3 aromatic carbocycles. The van der Waals surface area contributed by atoms with E-state index in [0.717, 1.165) is 27.6 Å². The van der Waals surface area contributed by atoms with Crippen LogP contribution in [0.4, 0.5) is 10.5 Å². The molecule has 0 aliphatic carbocycles. The summed E-state index contributed by atoms with van der Waals surface area (Å²) in [6, 6.07) is 16.1. The van der Waals surface area contributed by atoms with Crippen LogP contribution in [0.1, 0.15) is 50.3 Å². The van der Waals surface area contributed by atoms with Gasteiger partial charge in [-0.2, -0.15) is 5.10 Å². The molecule has 3 amide bonds. The standard InChI is InChI=1S/C32H40N6O5/c1-32(2,3)43-31(41)37(4)17-16-28(39)38(26-14-11-20-8-6-7-9-25(20)35-30(26)40)19-24-23-13-10-22(29(33)36-34)18-21(23)12-15-27(24)42-5/h6-10,12-13,15,18,26H,11,14,16-17,19,34H2,1-5H3,(H2,33,36)(H,35,40). The largest absolute Gasteiger partial charge is 0.496 e. The lowest BCUT2D eigenvalue weighted by Crippen LogP contribution is -2.47. The van der Waals surface area contributed by atoms with Crippen LogP contribution in [-0.4, -0.2) is 65.9 Å². The maximum Gasteiger partial charge on any atom is 0.410 e. The van der Waals surface area contributed by atoms with Gasteiger partial charge in [0.15, 0.2) is 0 Å². The molecule has 5 N–H and O–H groups in total. The minimum absolute atomic E-state index is 0.00675. The first kappa shape index (κ1) is 31.1. The molecule has 0 saturated heterocycles. The first-order valence-corrected chi connectivity index (χ1v) is 14.2. The number of para-hydroxylation sites is 1. The number of carbonyl (C=O) groups is 3. The van der Waals surface area contributed by atoms with Crippen molar-refractivity contribution in [3.63, 3.8) is 0 Å². The molecule has 1 aliphatic rings. The summed E-state index contributed by atoms with van der Waals surface area (Å²) in [5.41, 5.74) is 8.41. The van der Waals surface area contributed by atoms with E-state index >= 15 is 0 Å². The Balaban J connectivity index is 1.69. The minimum atomic E-state index is -0.758. The Labute approximate surface area is 251 Å². The van der Waals surface area contributed by atoms with Crippen LogP contribution < -0.4 is 21.6 Å². The number of amides is 3. The normalized spacial score (nSPS) is 15.2. The molecule has 0 spiro atoms. The summed E-state index contributed by atoms with van der Waals surface area (Å²) in [4.78, 5) is 43.1. The number of hydrazone groups is 1. The number of ether oxygens (including phenoxy) is 2. The molecule has 0 fully saturated rings. The van der Waals surface area contributed by atoms with Crippen molar-refractivity contribution in [2.75, 3.05) is 26.0 Å². The highest BCUT2D eigenvalue weighted by Crippen LogP contribution is 2.32. The number of amidine groups is 1. The van der Waals surface area contributed by atoms with Crippen LogP contribution in [0.25, 0.3) is 10.8 Å². The highest BCUT2D eigenvalue weighted by atomic mass is 16.6. The van der Waals surface area contributed by atoms with Crippen molar-refractivity contribution in [3.05, 3.63) is 71.3 Å². The summed E-state index contributed by atoms with van der Waals surface area (Å²) in [5.74, 6) is 5.60. The molecule has 4 rings (SSSR count). The zero-order valence-corrected chi connectivity index (χ0v) is 25.3. The van der Waals surface area contributed by atoms with Gasteiger partial charge in [-0.25, -0.2) is 4.79 Å². The lowest BCUT2D eigenvalue weighted by Gasteiger charge is -2.32. The molecule has 11 heteroatoms. The molecule has 43 heavy (non-hydrogen) atoms. The summed E-state index contributed by atoms with van der Waals surface area (Å²) in [6.45, 7) is 5.57. The topological polar surface area (TPSA) is 153 Å². The highest BCUT2D eigenvalue weighted by molar-refractivity contribution is 6.02. The first-order chi connectivity index (χ1) is 20.4. The van der Waals surface area contributed by atoms with E-state index in [-0.39, 0.29) is 37.2 Å². The predicted octanol–water partition coefficient (Wildman–Crippen LogP) is 3.97. The second-order valence-electron chi connectivity index (χ2n) is 11.6. The van der Waals surface area contributed by atoms with Gasteiger partial charge in [-0.15, -0.1) is 0 Å². The Kier molecular flexibility index (Phi) is 9.43. The first-order valence-electron chi connectivity index (χ1n) is 14.2. The molecular weight excluding hydrogens is 548 g/mol. The van der Waals surface area contributed by atoms with Gasteiger partial charge in [0, 0.05) is 36.8 Å². The van der Waals surface area contributed by atoms with Gasteiger partial charge in [-0.1, -0.05) is 36.4 Å². The average Bonchev–Trinajstić information content (AvgIpc) is 3.14. The van der Waals surface area contributed by atoms with Gasteiger partial charge in [-0.3, -0.25) is 9.59 Å². The number of hydrogen-bond acceptors (Lipinski definition) is 7. The summed E-state index contributed by atoms with van der Waals surface area (Å²) < 4.78 is 11.2. The third-order valence-electron chi connectivity index (χ3n) is 7.40. The summed E-state index contributed by atoms with van der Waals surface area (Å²) in [6.07, 6.45) is 0.501. The second kappa shape index (κ2) is 13.0. The van der Waals surface area contributed by atoms with Crippen molar-refractivity contribution in [1.29, 1.82) is 0 Å². The third-order valence-corrected chi connectivity index (χ3v) is 7.40. The molecule has 1 heterocycles. The number of aryl methyl sites for hydroxylation is 1. The number of rotatable bonds is 8. The molecule has 3 aromatic rings. The van der Waals surface area contributed by atoms with E-state index in [9.17, 15) is 14.4 Å². The zero-order valence-electron chi connectivity index (χ0n) is 25.3. The molecular formula is C32H40N6O5. The van der Waals surface area contributed by atoms with Crippen molar-refractivity contribution in [2.45, 2.75) is 58.2 Å². The molecule has 1 atom stereocenters. The molecule has 0 radical (unpaired) electrons. The number of fused-ring (bicyclic) bond motifs is 2. The molecule has 0 saturated carbocycles. The Bertz CT molecular complexity index is 1550. The average molecular weight is 589 g/mol. The Hall–Kier alpha value is -4.80. The number of nitrogens with zero attached hydrogens (tertiary/aromatic N) is 3. The van der Waals surface area contributed by atoms with Crippen LogP contribution in [-0.2, 0) is 27.3 Å². The quantitative estimate of drug-likeness (QED) is 0.156. The number of nitrogens with one attached hydrogen (secondary N) is 1. The lowest BCUT2D eigenvalue weighted by atomic mass is 9.98. The Morgan fingerprint density at radius 3 is 2.56 bits per heavy atom. The van der Waals surface area contributed by atoms with E-state index < -0.39 is 17.7 Å². The van der Waals surface area contributed by atoms with E-state index in [4.69, 9.17) is 21.1 Å². The fourth-order valence-corrected chi connectivity index (χ4v) is 5.14. The predicted molar refractivity (Wildman–Crippen MR) is 167 cm³/mol. The highest BCUT2D eigenvalue weighted by Gasteiger charge is 2.33. The van der Waals surface area contributed by atoms with Crippen LogP contribution in [0.3, 0.4) is 0 Å². The van der Waals surface area contributed by atoms with E-state index in [2.05, 4.69) is 10.4 Å². The maximum absolute atomic E-state index is 14.0. The number of anilines is 1. The second-order valence-corrected chi connectivity index (χ2v) is 11.6. The maximum atomic E-state index is 14.0. The number of hydrogen-bond donors (Lipinski definition) is 3. The number of benzene rings is 3. The van der Waals surface area contributed by atoms with Crippen molar-refractivity contribution in [1.82, 2.24) is 9.80 Å². The summed E-state index contributed by atoms with van der Waals surface area (Å²) >= 11 is 0. The van der Waals surface area contributed by atoms with Gasteiger partial charge in [-0.05, 0) is 68.1 Å². The third kappa shape index (κ3) is 7.35. The fraction of sp³-hybridized carbons (Fsp3) is 0.375. The molecule has 11 nitrogen and oxygen atoms in total. The van der Waals surface area contributed by atoms with E-state index in [0.29, 0.717) is 24.2 Å². The number of carbonyl (C=O) groups excluding carboxylic acids is 3. The number of nitrogens with two attached hydrogens (primary N) is 2. The van der Waals surface area contributed by atoms with Gasteiger partial charge in [0.2, 0.25) is 11.8 Å².